The molecule has 8 heteroatoms. The number of hydrogen-bond donors (Lipinski definition) is 3. The number of halogens is 1. The van der Waals surface area contributed by atoms with E-state index in [9.17, 15) is 8.42 Å². The van der Waals surface area contributed by atoms with Crippen LogP contribution in [0.25, 0.3) is 0 Å². The van der Waals surface area contributed by atoms with Crippen molar-refractivity contribution in [1.82, 2.24) is 15.4 Å². The van der Waals surface area contributed by atoms with Crippen LogP contribution in [-0.2, 0) is 10.0 Å². The van der Waals surface area contributed by atoms with Crippen LogP contribution in [0.2, 0.25) is 0 Å². The van der Waals surface area contributed by atoms with Gasteiger partial charge in [0.25, 0.3) is 0 Å². The van der Waals surface area contributed by atoms with Crippen molar-refractivity contribution in [2.24, 2.45) is 10.9 Å². The normalized spacial score (nSPS) is 16.5. The Morgan fingerprint density at radius 3 is 2.42 bits per heavy atom. The number of nitrogens with zero attached hydrogens (tertiary/aromatic N) is 1. The van der Waals surface area contributed by atoms with E-state index in [0.717, 1.165) is 31.4 Å². The predicted octanol–water partition coefficient (Wildman–Crippen LogP) is 2.46. The van der Waals surface area contributed by atoms with Crippen LogP contribution in [0.15, 0.2) is 4.99 Å². The second-order valence-corrected chi connectivity index (χ2v) is 8.23. The van der Waals surface area contributed by atoms with E-state index in [1.807, 2.05) is 6.92 Å². The van der Waals surface area contributed by atoms with Gasteiger partial charge >= 0.3 is 0 Å². The molecule has 0 radical (unpaired) electrons. The van der Waals surface area contributed by atoms with Crippen molar-refractivity contribution in [3.63, 3.8) is 0 Å². The quantitative estimate of drug-likeness (QED) is 0.197. The molecule has 0 aromatic heterocycles. The van der Waals surface area contributed by atoms with Crippen LogP contribution in [0.5, 0.6) is 0 Å². The Hall–Kier alpha value is -0.0900. The molecule has 0 aromatic carbocycles. The van der Waals surface area contributed by atoms with Gasteiger partial charge in [-0.1, -0.05) is 32.1 Å². The molecule has 1 aliphatic rings. The third kappa shape index (κ3) is 11.5. The minimum Gasteiger partial charge on any atom is -0.357 e. The van der Waals surface area contributed by atoms with Crippen LogP contribution in [0.4, 0.5) is 0 Å². The minimum atomic E-state index is -3.11. The summed E-state index contributed by atoms with van der Waals surface area (Å²) in [5.74, 6) is 1.78. The summed E-state index contributed by atoms with van der Waals surface area (Å²) in [6, 6.07) is 0. The van der Waals surface area contributed by atoms with Gasteiger partial charge in [0.1, 0.15) is 0 Å². The molecule has 0 bridgehead atoms. The molecule has 0 unspecified atom stereocenters. The SMILES string of the molecule is CCNC(=NCCCC1CCCCC1)NCCNS(=O)(=O)CC.I. The summed E-state index contributed by atoms with van der Waals surface area (Å²) < 4.78 is 25.2. The Bertz CT molecular complexity index is 437. The van der Waals surface area contributed by atoms with E-state index < -0.39 is 10.0 Å². The molecule has 1 saturated carbocycles. The number of guanidine groups is 1. The van der Waals surface area contributed by atoms with Crippen LogP contribution in [-0.4, -0.2) is 46.3 Å². The smallest absolute Gasteiger partial charge is 0.211 e. The van der Waals surface area contributed by atoms with Crippen molar-refractivity contribution in [3.8, 4) is 0 Å². The van der Waals surface area contributed by atoms with Gasteiger partial charge in [-0.05, 0) is 32.6 Å². The molecule has 144 valence electrons. The molecule has 0 heterocycles. The number of sulfonamides is 1. The molecule has 0 aliphatic heterocycles. The van der Waals surface area contributed by atoms with Crippen LogP contribution in [0, 0.1) is 5.92 Å². The lowest BCUT2D eigenvalue weighted by molar-refractivity contribution is 0.334. The standard InChI is InChI=1S/C16H34N4O2S.HI/c1-3-17-16(19-13-14-20-23(21,22)4-2)18-12-8-11-15-9-6-5-7-10-15;/h15,20H,3-14H2,1-2H3,(H2,17,18,19);1H. The molecule has 3 N–H and O–H groups in total. The van der Waals surface area contributed by atoms with E-state index >= 15 is 0 Å². The zero-order chi connectivity index (χ0) is 17.0. The number of aliphatic imine (C=N–C) groups is 1. The van der Waals surface area contributed by atoms with Crippen molar-refractivity contribution in [3.05, 3.63) is 0 Å². The van der Waals surface area contributed by atoms with Gasteiger partial charge in [-0.3, -0.25) is 4.99 Å². The summed E-state index contributed by atoms with van der Waals surface area (Å²) in [4.78, 5) is 4.57. The van der Waals surface area contributed by atoms with E-state index in [2.05, 4.69) is 20.3 Å². The Balaban J connectivity index is 0.00000529. The van der Waals surface area contributed by atoms with E-state index in [1.165, 1.54) is 38.5 Å². The number of rotatable bonds is 10. The second kappa shape index (κ2) is 14.1. The average molecular weight is 474 g/mol. The number of hydrogen-bond acceptors (Lipinski definition) is 3. The Kier molecular flexibility index (Phi) is 14.1. The lowest BCUT2D eigenvalue weighted by atomic mass is 9.86. The van der Waals surface area contributed by atoms with E-state index in [1.54, 1.807) is 6.92 Å². The van der Waals surface area contributed by atoms with Crippen molar-refractivity contribution in [1.29, 1.82) is 0 Å². The highest BCUT2D eigenvalue weighted by Crippen LogP contribution is 2.27. The molecule has 6 nitrogen and oxygen atoms in total. The van der Waals surface area contributed by atoms with Gasteiger partial charge in [-0.15, -0.1) is 24.0 Å². The Morgan fingerprint density at radius 2 is 1.79 bits per heavy atom. The lowest BCUT2D eigenvalue weighted by Gasteiger charge is -2.20. The molecule has 1 fully saturated rings. The van der Waals surface area contributed by atoms with Crippen molar-refractivity contribution in [2.75, 3.05) is 31.9 Å². The minimum absolute atomic E-state index is 0. The first kappa shape index (κ1) is 23.9. The van der Waals surface area contributed by atoms with Gasteiger partial charge in [0, 0.05) is 26.2 Å². The highest BCUT2D eigenvalue weighted by atomic mass is 127. The molecular formula is C16H35IN4O2S. The maximum Gasteiger partial charge on any atom is 0.211 e. The zero-order valence-electron chi connectivity index (χ0n) is 15.1. The Labute approximate surface area is 165 Å². The summed E-state index contributed by atoms with van der Waals surface area (Å²) in [5, 5.41) is 6.36. The molecule has 1 aliphatic carbocycles. The predicted molar refractivity (Wildman–Crippen MR) is 113 cm³/mol. The first-order valence-corrected chi connectivity index (χ1v) is 10.7. The fourth-order valence-electron chi connectivity index (χ4n) is 2.88. The molecule has 0 amide bonds. The summed E-state index contributed by atoms with van der Waals surface area (Å²) in [5.41, 5.74) is 0. The third-order valence-corrected chi connectivity index (χ3v) is 5.63. The molecule has 0 atom stereocenters. The molecule has 0 saturated heterocycles. The van der Waals surface area contributed by atoms with E-state index in [-0.39, 0.29) is 29.7 Å². The highest BCUT2D eigenvalue weighted by molar-refractivity contribution is 14.0. The summed E-state index contributed by atoms with van der Waals surface area (Å²) in [7, 11) is -3.11. The van der Waals surface area contributed by atoms with Gasteiger partial charge in [0.15, 0.2) is 5.96 Å². The van der Waals surface area contributed by atoms with Crippen molar-refractivity contribution >= 4 is 40.0 Å². The molecule has 0 aromatic rings. The first-order chi connectivity index (χ1) is 11.1. The molecular weight excluding hydrogens is 439 g/mol. The van der Waals surface area contributed by atoms with Crippen LogP contribution in [0.1, 0.15) is 58.8 Å². The van der Waals surface area contributed by atoms with Gasteiger partial charge in [-0.2, -0.15) is 0 Å². The van der Waals surface area contributed by atoms with Crippen LogP contribution < -0.4 is 15.4 Å². The first-order valence-electron chi connectivity index (χ1n) is 9.07. The topological polar surface area (TPSA) is 82.6 Å². The average Bonchev–Trinajstić information content (AvgIpc) is 2.56. The van der Waals surface area contributed by atoms with Gasteiger partial charge in [-0.25, -0.2) is 13.1 Å². The summed E-state index contributed by atoms with van der Waals surface area (Å²) >= 11 is 0. The van der Waals surface area contributed by atoms with Crippen LogP contribution in [0.3, 0.4) is 0 Å². The van der Waals surface area contributed by atoms with Gasteiger partial charge in [0.05, 0.1) is 5.75 Å². The monoisotopic (exact) mass is 474 g/mol. The fourth-order valence-corrected chi connectivity index (χ4v) is 3.50. The van der Waals surface area contributed by atoms with Gasteiger partial charge in [0.2, 0.25) is 10.0 Å². The zero-order valence-corrected chi connectivity index (χ0v) is 18.3. The van der Waals surface area contributed by atoms with Crippen molar-refractivity contribution in [2.45, 2.75) is 58.8 Å². The molecule has 24 heavy (non-hydrogen) atoms. The van der Waals surface area contributed by atoms with E-state index in [0.29, 0.717) is 13.1 Å². The van der Waals surface area contributed by atoms with E-state index in [4.69, 9.17) is 0 Å². The highest BCUT2D eigenvalue weighted by Gasteiger charge is 2.12. The lowest BCUT2D eigenvalue weighted by Crippen LogP contribution is -2.41. The fraction of sp³-hybridized carbons (Fsp3) is 0.938. The van der Waals surface area contributed by atoms with Crippen LogP contribution >= 0.6 is 24.0 Å². The summed E-state index contributed by atoms with van der Waals surface area (Å²) in [6.07, 6.45) is 9.38. The Morgan fingerprint density at radius 1 is 1.08 bits per heavy atom. The van der Waals surface area contributed by atoms with Crippen molar-refractivity contribution < 1.29 is 8.42 Å². The van der Waals surface area contributed by atoms with Gasteiger partial charge < -0.3 is 10.6 Å². The second-order valence-electron chi connectivity index (χ2n) is 6.13. The summed E-state index contributed by atoms with van der Waals surface area (Å²) in [6.45, 7) is 6.20. The number of nitrogens with one attached hydrogen (secondary N) is 3. The maximum absolute atomic E-state index is 11.3. The third-order valence-electron chi connectivity index (χ3n) is 4.23. The largest absolute Gasteiger partial charge is 0.357 e. The molecule has 1 rings (SSSR count). The molecule has 0 spiro atoms. The maximum atomic E-state index is 11.3.